The van der Waals surface area contributed by atoms with Gasteiger partial charge in [0.2, 0.25) is 21.8 Å². The standard InChI is InChI=1S/C23H20FN3O4S/c24-17-7-4-8-18(14-17)25-23(29)22(15-5-2-1-3-6-15)27-32(30,31)19-10-11-20-16(13-19)9-12-21(28)26-20/h1-8,10-11,13-14,22,27H,9,12H2,(H,25,29)(H,26,28). The van der Waals surface area contributed by atoms with Gasteiger partial charge in [0.1, 0.15) is 11.9 Å². The Morgan fingerprint density at radius 1 is 0.969 bits per heavy atom. The van der Waals surface area contributed by atoms with Gasteiger partial charge in [-0.1, -0.05) is 36.4 Å². The van der Waals surface area contributed by atoms with Crippen LogP contribution in [0.3, 0.4) is 0 Å². The SMILES string of the molecule is O=C1CCc2cc(S(=O)(=O)NC(C(=O)Nc3cccc(F)c3)c3ccccc3)ccc2N1. The number of halogens is 1. The summed E-state index contributed by atoms with van der Waals surface area (Å²) in [6.07, 6.45) is 0.694. The number of anilines is 2. The van der Waals surface area contributed by atoms with Gasteiger partial charge in [-0.2, -0.15) is 4.72 Å². The Kier molecular flexibility index (Phi) is 6.02. The molecule has 0 fully saturated rings. The van der Waals surface area contributed by atoms with Crippen molar-refractivity contribution in [2.45, 2.75) is 23.8 Å². The van der Waals surface area contributed by atoms with E-state index in [9.17, 15) is 22.4 Å². The maximum Gasteiger partial charge on any atom is 0.247 e. The number of fused-ring (bicyclic) bond motifs is 1. The zero-order valence-electron chi connectivity index (χ0n) is 16.8. The predicted octanol–water partition coefficient (Wildman–Crippen LogP) is 3.37. The quantitative estimate of drug-likeness (QED) is 0.532. The zero-order valence-corrected chi connectivity index (χ0v) is 17.7. The molecule has 0 aromatic heterocycles. The van der Waals surface area contributed by atoms with Crippen LogP contribution in [0.25, 0.3) is 0 Å². The number of amides is 2. The Labute approximate surface area is 184 Å². The van der Waals surface area contributed by atoms with Crippen LogP contribution in [0.1, 0.15) is 23.6 Å². The number of hydrogen-bond donors (Lipinski definition) is 3. The van der Waals surface area contributed by atoms with Gasteiger partial charge >= 0.3 is 0 Å². The first-order valence-electron chi connectivity index (χ1n) is 9.88. The van der Waals surface area contributed by atoms with Gasteiger partial charge in [-0.05, 0) is 53.9 Å². The Bertz CT molecular complexity index is 1280. The molecule has 32 heavy (non-hydrogen) atoms. The van der Waals surface area contributed by atoms with Gasteiger partial charge in [0.25, 0.3) is 0 Å². The van der Waals surface area contributed by atoms with Gasteiger partial charge in [-0.15, -0.1) is 0 Å². The number of benzene rings is 3. The van der Waals surface area contributed by atoms with E-state index in [-0.39, 0.29) is 22.9 Å². The summed E-state index contributed by atoms with van der Waals surface area (Å²) in [5, 5.41) is 5.26. The van der Waals surface area contributed by atoms with Gasteiger partial charge in [0, 0.05) is 17.8 Å². The fraction of sp³-hybridized carbons (Fsp3) is 0.130. The topological polar surface area (TPSA) is 104 Å². The highest BCUT2D eigenvalue weighted by atomic mass is 32.2. The van der Waals surface area contributed by atoms with Gasteiger partial charge in [0.05, 0.1) is 4.90 Å². The third-order valence-electron chi connectivity index (χ3n) is 5.04. The highest BCUT2D eigenvalue weighted by Gasteiger charge is 2.28. The van der Waals surface area contributed by atoms with Gasteiger partial charge in [-0.25, -0.2) is 12.8 Å². The van der Waals surface area contributed by atoms with E-state index < -0.39 is 27.8 Å². The predicted molar refractivity (Wildman–Crippen MR) is 118 cm³/mol. The van der Waals surface area contributed by atoms with Crippen molar-refractivity contribution in [1.29, 1.82) is 0 Å². The first-order chi connectivity index (χ1) is 15.3. The van der Waals surface area contributed by atoms with Crippen LogP contribution in [-0.2, 0) is 26.0 Å². The molecule has 164 valence electrons. The zero-order chi connectivity index (χ0) is 22.7. The molecule has 3 aromatic carbocycles. The lowest BCUT2D eigenvalue weighted by Crippen LogP contribution is -2.37. The second-order valence-corrected chi connectivity index (χ2v) is 9.05. The van der Waals surface area contributed by atoms with Crippen LogP contribution < -0.4 is 15.4 Å². The minimum atomic E-state index is -4.10. The number of nitrogens with one attached hydrogen (secondary N) is 3. The molecule has 9 heteroatoms. The molecule has 0 radical (unpaired) electrons. The largest absolute Gasteiger partial charge is 0.326 e. The molecule has 1 aliphatic heterocycles. The summed E-state index contributed by atoms with van der Waals surface area (Å²) >= 11 is 0. The molecular formula is C23H20FN3O4S. The Balaban J connectivity index is 1.63. The van der Waals surface area contributed by atoms with Gasteiger partial charge in [-0.3, -0.25) is 9.59 Å². The van der Waals surface area contributed by atoms with Crippen LogP contribution >= 0.6 is 0 Å². The number of sulfonamides is 1. The first-order valence-corrected chi connectivity index (χ1v) is 11.4. The number of carbonyl (C=O) groups is 2. The molecule has 3 N–H and O–H groups in total. The highest BCUT2D eigenvalue weighted by molar-refractivity contribution is 7.89. The average Bonchev–Trinajstić information content (AvgIpc) is 2.77. The smallest absolute Gasteiger partial charge is 0.247 e. The molecule has 1 atom stereocenters. The fourth-order valence-corrected chi connectivity index (χ4v) is 4.68. The third kappa shape index (κ3) is 4.84. The van der Waals surface area contributed by atoms with Crippen molar-refractivity contribution in [3.63, 3.8) is 0 Å². The van der Waals surface area contributed by atoms with Crippen LogP contribution in [0.5, 0.6) is 0 Å². The fourth-order valence-electron chi connectivity index (χ4n) is 3.45. The van der Waals surface area contributed by atoms with E-state index in [2.05, 4.69) is 15.4 Å². The van der Waals surface area contributed by atoms with E-state index in [1.165, 1.54) is 36.4 Å². The van der Waals surface area contributed by atoms with Crippen LogP contribution in [0.4, 0.5) is 15.8 Å². The minimum absolute atomic E-state index is 0.0214. The maximum absolute atomic E-state index is 13.5. The molecule has 2 amide bonds. The Morgan fingerprint density at radius 3 is 2.50 bits per heavy atom. The molecule has 1 heterocycles. The lowest BCUT2D eigenvalue weighted by Gasteiger charge is -2.21. The summed E-state index contributed by atoms with van der Waals surface area (Å²) in [6, 6.07) is 16.9. The molecular weight excluding hydrogens is 433 g/mol. The maximum atomic E-state index is 13.5. The van der Waals surface area contributed by atoms with Crippen molar-refractivity contribution >= 4 is 33.2 Å². The summed E-state index contributed by atoms with van der Waals surface area (Å²) < 4.78 is 42.2. The molecule has 1 aliphatic rings. The molecule has 7 nitrogen and oxygen atoms in total. The molecule has 3 aromatic rings. The van der Waals surface area contributed by atoms with Crippen molar-refractivity contribution < 1.29 is 22.4 Å². The molecule has 1 unspecified atom stereocenters. The van der Waals surface area contributed by atoms with E-state index in [4.69, 9.17) is 0 Å². The van der Waals surface area contributed by atoms with E-state index in [1.807, 2.05) is 0 Å². The summed E-state index contributed by atoms with van der Waals surface area (Å²) in [6.45, 7) is 0. The molecule has 0 saturated heterocycles. The number of aryl methyl sites for hydroxylation is 1. The monoisotopic (exact) mass is 453 g/mol. The molecule has 0 aliphatic carbocycles. The Hall–Kier alpha value is -3.56. The van der Waals surface area contributed by atoms with Crippen molar-refractivity contribution in [2.24, 2.45) is 0 Å². The summed E-state index contributed by atoms with van der Waals surface area (Å²) in [4.78, 5) is 24.5. The average molecular weight is 453 g/mol. The summed E-state index contributed by atoms with van der Waals surface area (Å²) in [7, 11) is -4.10. The van der Waals surface area contributed by atoms with Crippen LogP contribution in [0.15, 0.2) is 77.7 Å². The Morgan fingerprint density at radius 2 is 1.75 bits per heavy atom. The van der Waals surface area contributed by atoms with Gasteiger partial charge < -0.3 is 10.6 Å². The van der Waals surface area contributed by atoms with E-state index >= 15 is 0 Å². The van der Waals surface area contributed by atoms with Crippen molar-refractivity contribution in [3.05, 3.63) is 89.7 Å². The minimum Gasteiger partial charge on any atom is -0.326 e. The van der Waals surface area contributed by atoms with Crippen molar-refractivity contribution in [3.8, 4) is 0 Å². The number of rotatable bonds is 6. The second kappa shape index (κ2) is 8.89. The summed E-state index contributed by atoms with van der Waals surface area (Å²) in [5.74, 6) is -1.30. The number of hydrogen-bond acceptors (Lipinski definition) is 4. The van der Waals surface area contributed by atoms with Crippen LogP contribution in [0, 0.1) is 5.82 Å². The highest BCUT2D eigenvalue weighted by Crippen LogP contribution is 2.27. The normalized spacial score (nSPS) is 14.2. The molecule has 0 spiro atoms. The van der Waals surface area contributed by atoms with Crippen LogP contribution in [-0.4, -0.2) is 20.2 Å². The van der Waals surface area contributed by atoms with Crippen LogP contribution in [0.2, 0.25) is 0 Å². The molecule has 4 rings (SSSR count). The first kappa shape index (κ1) is 21.7. The van der Waals surface area contributed by atoms with E-state index in [0.29, 0.717) is 23.2 Å². The molecule has 0 bridgehead atoms. The lowest BCUT2D eigenvalue weighted by molar-refractivity contribution is -0.118. The second-order valence-electron chi connectivity index (χ2n) is 7.33. The summed E-state index contributed by atoms with van der Waals surface area (Å²) in [5.41, 5.74) is 1.91. The third-order valence-corrected chi connectivity index (χ3v) is 6.46. The lowest BCUT2D eigenvalue weighted by atomic mass is 10.0. The van der Waals surface area contributed by atoms with Gasteiger partial charge in [0.15, 0.2) is 0 Å². The van der Waals surface area contributed by atoms with Crippen molar-refractivity contribution in [1.82, 2.24) is 4.72 Å². The molecule has 0 saturated carbocycles. The van der Waals surface area contributed by atoms with E-state index in [0.717, 1.165) is 6.07 Å². The number of carbonyl (C=O) groups excluding carboxylic acids is 2. The van der Waals surface area contributed by atoms with Crippen molar-refractivity contribution in [2.75, 3.05) is 10.6 Å². The van der Waals surface area contributed by atoms with E-state index in [1.54, 1.807) is 30.3 Å².